The van der Waals surface area contributed by atoms with Crippen LogP contribution in [0.1, 0.15) is 29.7 Å². The van der Waals surface area contributed by atoms with Gasteiger partial charge < -0.3 is 24.8 Å². The van der Waals surface area contributed by atoms with Crippen LogP contribution in [0, 0.1) is 0 Å². The molecule has 0 saturated carbocycles. The first kappa shape index (κ1) is 35.0. The summed E-state index contributed by atoms with van der Waals surface area (Å²) in [6.07, 6.45) is 0. The molecule has 5 aromatic rings. The first-order valence-corrected chi connectivity index (χ1v) is 17.8. The number of nitrogens with zero attached hydrogens (tertiary/aromatic N) is 3. The van der Waals surface area contributed by atoms with Crippen LogP contribution in [0.5, 0.6) is 17.2 Å². The van der Waals surface area contributed by atoms with Crippen LogP contribution in [0.15, 0.2) is 99.8 Å². The molecule has 252 valence electrons. The third-order valence-corrected chi connectivity index (χ3v) is 10.1. The van der Waals surface area contributed by atoms with Crippen LogP contribution in [0.2, 0.25) is 15.1 Å². The van der Waals surface area contributed by atoms with Crippen molar-refractivity contribution in [1.82, 2.24) is 14.8 Å². The summed E-state index contributed by atoms with van der Waals surface area (Å²) in [6.45, 7) is 2.00. The number of ether oxygens (including phenoxy) is 3. The van der Waals surface area contributed by atoms with Crippen LogP contribution < -0.4 is 24.8 Å². The van der Waals surface area contributed by atoms with Crippen molar-refractivity contribution in [2.75, 3.05) is 24.9 Å². The summed E-state index contributed by atoms with van der Waals surface area (Å²) in [6, 6.07) is 23.1. The number of anilines is 2. The molecule has 4 aromatic carbocycles. The molecular formula is C35H29BrCl3N5O4S. The Balaban J connectivity index is 1.38. The van der Waals surface area contributed by atoms with Gasteiger partial charge in [-0.2, -0.15) is 4.98 Å². The van der Waals surface area contributed by atoms with Crippen molar-refractivity contribution in [3.05, 3.63) is 126 Å². The molecule has 14 heteroatoms. The number of carbonyl (C=O) groups is 1. The molecule has 0 bridgehead atoms. The number of para-hydroxylation sites is 2. The summed E-state index contributed by atoms with van der Waals surface area (Å²) in [4.78, 5) is 19.0. The van der Waals surface area contributed by atoms with E-state index >= 15 is 0 Å². The normalized spacial score (nSPS) is 13.8. The number of benzene rings is 4. The second kappa shape index (κ2) is 15.3. The molecule has 0 spiro atoms. The molecule has 0 aliphatic carbocycles. The molecule has 0 saturated heterocycles. The first-order chi connectivity index (χ1) is 23.7. The monoisotopic (exact) mass is 799 g/mol. The van der Waals surface area contributed by atoms with Crippen LogP contribution in [-0.4, -0.2) is 34.9 Å². The number of carbonyl (C=O) groups excluding carboxylic acids is 1. The zero-order valence-electron chi connectivity index (χ0n) is 26.4. The van der Waals surface area contributed by atoms with Gasteiger partial charge in [0.25, 0.3) is 5.91 Å². The Morgan fingerprint density at radius 1 is 0.959 bits per heavy atom. The molecule has 0 radical (unpaired) electrons. The van der Waals surface area contributed by atoms with Gasteiger partial charge in [-0.1, -0.05) is 83.0 Å². The quantitative estimate of drug-likeness (QED) is 0.128. The van der Waals surface area contributed by atoms with Crippen molar-refractivity contribution in [2.24, 2.45) is 0 Å². The summed E-state index contributed by atoms with van der Waals surface area (Å²) in [7, 11) is 3.11. The van der Waals surface area contributed by atoms with Crippen LogP contribution >= 0.6 is 62.5 Å². The fourth-order valence-corrected chi connectivity index (χ4v) is 7.47. The van der Waals surface area contributed by atoms with E-state index in [1.807, 2.05) is 61.5 Å². The molecule has 1 aromatic heterocycles. The Morgan fingerprint density at radius 2 is 1.71 bits per heavy atom. The maximum atomic E-state index is 14.2. The lowest BCUT2D eigenvalue weighted by atomic mass is 9.94. The number of thioether (sulfide) groups is 1. The summed E-state index contributed by atoms with van der Waals surface area (Å²) >= 11 is 24.0. The molecule has 1 aliphatic heterocycles. The van der Waals surface area contributed by atoms with Crippen LogP contribution in [0.25, 0.3) is 0 Å². The summed E-state index contributed by atoms with van der Waals surface area (Å²) in [5.41, 5.74) is 3.96. The van der Waals surface area contributed by atoms with Gasteiger partial charge in [0.15, 0.2) is 11.5 Å². The van der Waals surface area contributed by atoms with Gasteiger partial charge in [0.2, 0.25) is 11.1 Å². The lowest BCUT2D eigenvalue weighted by Gasteiger charge is -2.29. The zero-order chi connectivity index (χ0) is 34.7. The van der Waals surface area contributed by atoms with Crippen molar-refractivity contribution in [3.63, 3.8) is 0 Å². The predicted octanol–water partition coefficient (Wildman–Crippen LogP) is 9.82. The lowest BCUT2D eigenvalue weighted by Crippen LogP contribution is -2.31. The van der Waals surface area contributed by atoms with Gasteiger partial charge in [-0.25, -0.2) is 4.68 Å². The van der Waals surface area contributed by atoms with Gasteiger partial charge in [0.05, 0.1) is 30.0 Å². The minimum absolute atomic E-state index is 0.169. The van der Waals surface area contributed by atoms with Crippen molar-refractivity contribution >= 4 is 80.0 Å². The Kier molecular flexibility index (Phi) is 11.0. The number of hydrogen-bond acceptors (Lipinski definition) is 8. The van der Waals surface area contributed by atoms with E-state index in [1.54, 1.807) is 43.2 Å². The highest BCUT2D eigenvalue weighted by atomic mass is 79.9. The number of halogens is 4. The number of aromatic nitrogens is 3. The standard InChI is InChI=1S/C35H29BrCl3N5O4S/c1-19-30(33(45)41-27-10-6-7-11-28(27)46-2)31(44-34(40-19)42-35(43-44)49-18-21-8-4-5-9-25(21)38)22-14-24(36)32(29(15-22)47-3)48-17-20-12-13-23(37)16-26(20)39/h4-16,31H,17-18H2,1-3H3,(H,41,45)(H,40,42,43). The number of fused-ring (bicyclic) bond motifs is 1. The number of amides is 1. The molecule has 1 atom stereocenters. The number of nitrogens with one attached hydrogen (secondary N) is 2. The van der Waals surface area contributed by atoms with Crippen molar-refractivity contribution in [3.8, 4) is 17.2 Å². The Labute approximate surface area is 311 Å². The van der Waals surface area contributed by atoms with Crippen LogP contribution in [0.4, 0.5) is 11.6 Å². The number of allylic oxidation sites excluding steroid dienone is 1. The molecule has 1 unspecified atom stereocenters. The molecule has 49 heavy (non-hydrogen) atoms. The molecule has 2 N–H and O–H groups in total. The predicted molar refractivity (Wildman–Crippen MR) is 199 cm³/mol. The molecule has 6 rings (SSSR count). The number of hydrogen-bond donors (Lipinski definition) is 2. The van der Waals surface area contributed by atoms with E-state index in [0.29, 0.717) is 76.2 Å². The average Bonchev–Trinajstić information content (AvgIpc) is 3.49. The van der Waals surface area contributed by atoms with E-state index in [2.05, 4.69) is 26.6 Å². The Hall–Kier alpha value is -3.87. The minimum atomic E-state index is -0.710. The van der Waals surface area contributed by atoms with E-state index in [4.69, 9.17) is 59.1 Å². The average molecular weight is 802 g/mol. The first-order valence-electron chi connectivity index (χ1n) is 14.9. The third kappa shape index (κ3) is 7.66. The van der Waals surface area contributed by atoms with Crippen molar-refractivity contribution in [2.45, 2.75) is 30.5 Å². The van der Waals surface area contributed by atoms with E-state index in [0.717, 1.165) is 11.1 Å². The molecular weight excluding hydrogens is 773 g/mol. The van der Waals surface area contributed by atoms with Gasteiger partial charge in [-0.05, 0) is 76.4 Å². The molecule has 1 aliphatic rings. The van der Waals surface area contributed by atoms with Crippen LogP contribution in [0.3, 0.4) is 0 Å². The molecule has 2 heterocycles. The third-order valence-electron chi connectivity index (χ3n) is 7.70. The Morgan fingerprint density at radius 3 is 2.47 bits per heavy atom. The summed E-state index contributed by atoms with van der Waals surface area (Å²) < 4.78 is 19.8. The SMILES string of the molecule is COc1ccccc1NC(=O)C1=C(C)Nc2nc(SCc3ccccc3Cl)nn2C1c1cc(Br)c(OCc2ccc(Cl)cc2Cl)c(OC)c1. The van der Waals surface area contributed by atoms with E-state index < -0.39 is 6.04 Å². The summed E-state index contributed by atoms with van der Waals surface area (Å²) in [5.74, 6) is 2.11. The highest BCUT2D eigenvalue weighted by Crippen LogP contribution is 2.44. The fraction of sp³-hybridized carbons (Fsp3) is 0.171. The van der Waals surface area contributed by atoms with Gasteiger partial charge in [0.1, 0.15) is 18.4 Å². The van der Waals surface area contributed by atoms with E-state index in [1.165, 1.54) is 11.8 Å². The number of methoxy groups -OCH3 is 2. The maximum Gasteiger partial charge on any atom is 0.255 e. The molecule has 9 nitrogen and oxygen atoms in total. The second-order valence-electron chi connectivity index (χ2n) is 10.8. The fourth-order valence-electron chi connectivity index (χ4n) is 5.32. The second-order valence-corrected chi connectivity index (χ2v) is 13.9. The van der Waals surface area contributed by atoms with Crippen LogP contribution in [-0.2, 0) is 17.2 Å². The van der Waals surface area contributed by atoms with E-state index in [9.17, 15) is 4.79 Å². The highest BCUT2D eigenvalue weighted by molar-refractivity contribution is 9.10. The van der Waals surface area contributed by atoms with Gasteiger partial charge >= 0.3 is 0 Å². The highest BCUT2D eigenvalue weighted by Gasteiger charge is 2.36. The molecule has 1 amide bonds. The Bertz CT molecular complexity index is 2080. The largest absolute Gasteiger partial charge is 0.495 e. The number of rotatable bonds is 11. The maximum absolute atomic E-state index is 14.2. The lowest BCUT2D eigenvalue weighted by molar-refractivity contribution is -0.113. The smallest absolute Gasteiger partial charge is 0.255 e. The topological polar surface area (TPSA) is 99.5 Å². The molecule has 0 fully saturated rings. The van der Waals surface area contributed by atoms with Crippen molar-refractivity contribution < 1.29 is 19.0 Å². The van der Waals surface area contributed by atoms with Gasteiger partial charge in [-0.15, -0.1) is 5.10 Å². The summed E-state index contributed by atoms with van der Waals surface area (Å²) in [5, 5.41) is 13.4. The zero-order valence-corrected chi connectivity index (χ0v) is 31.1. The van der Waals surface area contributed by atoms with E-state index in [-0.39, 0.29) is 12.5 Å². The minimum Gasteiger partial charge on any atom is -0.495 e. The van der Waals surface area contributed by atoms with Gasteiger partial charge in [-0.3, -0.25) is 4.79 Å². The van der Waals surface area contributed by atoms with Gasteiger partial charge in [0, 0.05) is 32.1 Å². The van der Waals surface area contributed by atoms with Crippen molar-refractivity contribution in [1.29, 1.82) is 0 Å².